The van der Waals surface area contributed by atoms with Crippen LogP contribution in [0, 0.1) is 12.8 Å². The maximum atomic E-state index is 11.8. The number of hydrogen-bond donors (Lipinski definition) is 3. The summed E-state index contributed by atoms with van der Waals surface area (Å²) < 4.78 is 0. The van der Waals surface area contributed by atoms with Gasteiger partial charge in [0, 0.05) is 6.54 Å². The molecular formula is C12H17N3O2. The van der Waals surface area contributed by atoms with E-state index in [2.05, 4.69) is 10.3 Å². The average molecular weight is 235 g/mol. The fourth-order valence-corrected chi connectivity index (χ4v) is 1.72. The average Bonchev–Trinajstić information content (AvgIpc) is 3.12. The molecule has 1 amide bonds. The first kappa shape index (κ1) is 11.9. The van der Waals surface area contributed by atoms with Crippen LogP contribution in [0.15, 0.2) is 12.3 Å². The predicted octanol–water partition coefficient (Wildman–Crippen LogP) is 0.473. The third kappa shape index (κ3) is 2.94. The number of pyridine rings is 1. The minimum Gasteiger partial charge on any atom is -0.397 e. The number of anilines is 1. The van der Waals surface area contributed by atoms with Gasteiger partial charge in [-0.15, -0.1) is 0 Å². The molecule has 17 heavy (non-hydrogen) atoms. The molecule has 1 fully saturated rings. The van der Waals surface area contributed by atoms with Gasteiger partial charge in [-0.25, -0.2) is 0 Å². The van der Waals surface area contributed by atoms with E-state index in [1.54, 1.807) is 13.0 Å². The zero-order valence-corrected chi connectivity index (χ0v) is 9.81. The Labute approximate surface area is 100 Å². The van der Waals surface area contributed by atoms with Crippen LogP contribution in [0.25, 0.3) is 0 Å². The normalized spacial score (nSPS) is 16.6. The van der Waals surface area contributed by atoms with Crippen LogP contribution in [0.3, 0.4) is 0 Å². The number of nitrogens with zero attached hydrogens (tertiary/aromatic N) is 1. The summed E-state index contributed by atoms with van der Waals surface area (Å²) in [5.41, 5.74) is 7.15. The summed E-state index contributed by atoms with van der Waals surface area (Å²) in [6.45, 7) is 2.05. The van der Waals surface area contributed by atoms with Gasteiger partial charge in [-0.1, -0.05) is 0 Å². The Hall–Kier alpha value is -1.62. The summed E-state index contributed by atoms with van der Waals surface area (Å²) in [6, 6.07) is 1.60. The van der Waals surface area contributed by atoms with Crippen LogP contribution in [-0.4, -0.2) is 28.6 Å². The number of aliphatic hydroxyl groups is 1. The van der Waals surface area contributed by atoms with Crippen LogP contribution in [0.2, 0.25) is 0 Å². The Morgan fingerprint density at radius 1 is 1.71 bits per heavy atom. The molecule has 4 N–H and O–H groups in total. The molecule has 0 aliphatic heterocycles. The molecule has 2 rings (SSSR count). The van der Waals surface area contributed by atoms with Gasteiger partial charge in [0.15, 0.2) is 0 Å². The van der Waals surface area contributed by atoms with Crippen molar-refractivity contribution in [2.45, 2.75) is 25.9 Å². The van der Waals surface area contributed by atoms with E-state index in [1.807, 2.05) is 0 Å². The Morgan fingerprint density at radius 3 is 3.06 bits per heavy atom. The fourth-order valence-electron chi connectivity index (χ4n) is 1.72. The Balaban J connectivity index is 1.96. The van der Waals surface area contributed by atoms with Gasteiger partial charge in [0.05, 0.1) is 29.2 Å². The monoisotopic (exact) mass is 235 g/mol. The molecule has 1 unspecified atom stereocenters. The van der Waals surface area contributed by atoms with Gasteiger partial charge >= 0.3 is 0 Å². The van der Waals surface area contributed by atoms with Crippen molar-refractivity contribution in [3.63, 3.8) is 0 Å². The number of carbonyl (C=O) groups is 1. The molecule has 1 saturated carbocycles. The van der Waals surface area contributed by atoms with E-state index >= 15 is 0 Å². The van der Waals surface area contributed by atoms with E-state index in [9.17, 15) is 9.90 Å². The topological polar surface area (TPSA) is 88.2 Å². The summed E-state index contributed by atoms with van der Waals surface area (Å²) >= 11 is 0. The minimum absolute atomic E-state index is 0.234. The molecular weight excluding hydrogens is 218 g/mol. The van der Waals surface area contributed by atoms with Gasteiger partial charge < -0.3 is 16.2 Å². The number of aromatic nitrogens is 1. The van der Waals surface area contributed by atoms with Gasteiger partial charge in [-0.3, -0.25) is 9.78 Å². The summed E-state index contributed by atoms with van der Waals surface area (Å²) in [5.74, 6) is 0.123. The number of carbonyl (C=O) groups excluding carboxylic acids is 1. The number of aryl methyl sites for hydroxylation is 1. The molecule has 1 aliphatic carbocycles. The van der Waals surface area contributed by atoms with Crippen LogP contribution >= 0.6 is 0 Å². The van der Waals surface area contributed by atoms with E-state index in [0.29, 0.717) is 22.9 Å². The maximum Gasteiger partial charge on any atom is 0.253 e. The van der Waals surface area contributed by atoms with E-state index in [-0.39, 0.29) is 12.5 Å². The summed E-state index contributed by atoms with van der Waals surface area (Å²) in [7, 11) is 0. The number of nitrogen functional groups attached to an aromatic ring is 1. The van der Waals surface area contributed by atoms with Gasteiger partial charge in [-0.2, -0.15) is 0 Å². The van der Waals surface area contributed by atoms with Crippen LogP contribution in [0.1, 0.15) is 28.9 Å². The van der Waals surface area contributed by atoms with Crippen molar-refractivity contribution in [2.75, 3.05) is 12.3 Å². The van der Waals surface area contributed by atoms with Crippen LogP contribution in [-0.2, 0) is 0 Å². The highest BCUT2D eigenvalue weighted by molar-refractivity contribution is 5.95. The lowest BCUT2D eigenvalue weighted by atomic mass is 10.1. The molecule has 5 heteroatoms. The molecule has 92 valence electrons. The van der Waals surface area contributed by atoms with Crippen molar-refractivity contribution in [2.24, 2.45) is 5.92 Å². The lowest BCUT2D eigenvalue weighted by molar-refractivity contribution is 0.0900. The number of hydrogen-bond acceptors (Lipinski definition) is 4. The Morgan fingerprint density at radius 2 is 2.41 bits per heavy atom. The number of nitrogens with two attached hydrogens (primary N) is 1. The number of nitrogens with one attached hydrogen (secondary N) is 1. The van der Waals surface area contributed by atoms with Crippen molar-refractivity contribution < 1.29 is 9.90 Å². The Kier molecular flexibility index (Phi) is 3.28. The SMILES string of the molecule is Cc1ncc(N)cc1C(=O)NCC(O)C1CC1. The highest BCUT2D eigenvalue weighted by Gasteiger charge is 2.29. The molecule has 5 nitrogen and oxygen atoms in total. The van der Waals surface area contributed by atoms with Gasteiger partial charge in [0.1, 0.15) is 0 Å². The summed E-state index contributed by atoms with van der Waals surface area (Å²) in [5, 5.41) is 12.4. The second kappa shape index (κ2) is 4.71. The number of rotatable bonds is 4. The fraction of sp³-hybridized carbons (Fsp3) is 0.500. The van der Waals surface area contributed by atoms with Crippen molar-refractivity contribution in [1.29, 1.82) is 0 Å². The highest BCUT2D eigenvalue weighted by Crippen LogP contribution is 2.32. The van der Waals surface area contributed by atoms with Crippen molar-refractivity contribution in [3.8, 4) is 0 Å². The molecule has 1 aromatic heterocycles. The first-order chi connectivity index (χ1) is 8.08. The second-order valence-corrected chi connectivity index (χ2v) is 4.52. The first-order valence-electron chi connectivity index (χ1n) is 5.76. The predicted molar refractivity (Wildman–Crippen MR) is 64.5 cm³/mol. The molecule has 0 aromatic carbocycles. The van der Waals surface area contributed by atoms with Gasteiger partial charge in [0.2, 0.25) is 0 Å². The van der Waals surface area contributed by atoms with Crippen molar-refractivity contribution in [1.82, 2.24) is 10.3 Å². The molecule has 1 heterocycles. The highest BCUT2D eigenvalue weighted by atomic mass is 16.3. The number of aliphatic hydroxyl groups excluding tert-OH is 1. The van der Waals surface area contributed by atoms with Gasteiger partial charge in [-0.05, 0) is 31.7 Å². The van der Waals surface area contributed by atoms with Crippen molar-refractivity contribution in [3.05, 3.63) is 23.5 Å². The zero-order chi connectivity index (χ0) is 12.4. The van der Waals surface area contributed by atoms with Gasteiger partial charge in [0.25, 0.3) is 5.91 Å². The Bertz CT molecular complexity index is 430. The lowest BCUT2D eigenvalue weighted by Crippen LogP contribution is -2.33. The lowest BCUT2D eigenvalue weighted by Gasteiger charge is -2.11. The second-order valence-electron chi connectivity index (χ2n) is 4.52. The molecule has 0 spiro atoms. The molecule has 1 aromatic rings. The van der Waals surface area contributed by atoms with E-state index < -0.39 is 6.10 Å². The van der Waals surface area contributed by atoms with Crippen LogP contribution in [0.5, 0.6) is 0 Å². The quantitative estimate of drug-likeness (QED) is 0.708. The van der Waals surface area contributed by atoms with Crippen LogP contribution in [0.4, 0.5) is 5.69 Å². The molecule has 1 aliphatic rings. The smallest absolute Gasteiger partial charge is 0.253 e. The molecule has 1 atom stereocenters. The standard InChI is InChI=1S/C12H17N3O2/c1-7-10(4-9(13)5-14-7)12(17)15-6-11(16)8-2-3-8/h4-5,8,11,16H,2-3,6,13H2,1H3,(H,15,17). The van der Waals surface area contributed by atoms with E-state index in [1.165, 1.54) is 6.20 Å². The number of amides is 1. The summed E-state index contributed by atoms with van der Waals surface area (Å²) in [6.07, 6.45) is 3.19. The third-order valence-corrected chi connectivity index (χ3v) is 2.99. The van der Waals surface area contributed by atoms with Crippen LogP contribution < -0.4 is 11.1 Å². The largest absolute Gasteiger partial charge is 0.397 e. The van der Waals surface area contributed by atoms with Crippen molar-refractivity contribution >= 4 is 11.6 Å². The molecule has 0 bridgehead atoms. The molecule has 0 saturated heterocycles. The zero-order valence-electron chi connectivity index (χ0n) is 9.81. The van der Waals surface area contributed by atoms with E-state index in [0.717, 1.165) is 12.8 Å². The minimum atomic E-state index is -0.437. The maximum absolute atomic E-state index is 11.8. The van der Waals surface area contributed by atoms with E-state index in [4.69, 9.17) is 5.73 Å². The first-order valence-corrected chi connectivity index (χ1v) is 5.76. The summed E-state index contributed by atoms with van der Waals surface area (Å²) in [4.78, 5) is 15.9. The third-order valence-electron chi connectivity index (χ3n) is 2.99. The molecule has 0 radical (unpaired) electrons.